The Balaban J connectivity index is 1.32. The van der Waals surface area contributed by atoms with E-state index in [1.165, 1.54) is 0 Å². The van der Waals surface area contributed by atoms with Crippen LogP contribution in [0.1, 0.15) is 46.4 Å². The predicted molar refractivity (Wildman–Crippen MR) is 135 cm³/mol. The van der Waals surface area contributed by atoms with Gasteiger partial charge in [0.2, 0.25) is 5.91 Å². The Kier molecular flexibility index (Phi) is 7.04. The minimum atomic E-state index is -0.574. The number of nitrogens with two attached hydrogens (primary N) is 1. The van der Waals surface area contributed by atoms with Crippen molar-refractivity contribution in [1.82, 2.24) is 14.8 Å². The first kappa shape index (κ1) is 24.1. The highest BCUT2D eigenvalue weighted by Gasteiger charge is 2.32. The van der Waals surface area contributed by atoms with E-state index in [0.29, 0.717) is 56.3 Å². The first-order valence-electron chi connectivity index (χ1n) is 12.6. The van der Waals surface area contributed by atoms with Gasteiger partial charge in [0.05, 0.1) is 18.8 Å². The number of benzene rings is 1. The number of nitrogens with one attached hydrogen (secondary N) is 1. The van der Waals surface area contributed by atoms with Gasteiger partial charge in [-0.3, -0.25) is 14.4 Å². The van der Waals surface area contributed by atoms with Crippen molar-refractivity contribution in [1.29, 1.82) is 0 Å². The molecule has 36 heavy (non-hydrogen) atoms. The molecule has 0 spiro atoms. The Hall–Kier alpha value is -3.66. The SMILES string of the molecule is NC(=O)c1ccc(N2CCC[C@@H](N3CCCC3=O)C2)nc1Nc1ccc(C(=O)N2CCOCC2)cc1. The fraction of sp³-hybridized carbons (Fsp3) is 0.462. The molecule has 1 atom stereocenters. The van der Waals surface area contributed by atoms with E-state index in [1.54, 1.807) is 35.2 Å². The van der Waals surface area contributed by atoms with E-state index < -0.39 is 5.91 Å². The summed E-state index contributed by atoms with van der Waals surface area (Å²) in [6.45, 7) is 4.64. The number of likely N-dealkylation sites (tertiary alicyclic amines) is 1. The summed E-state index contributed by atoms with van der Waals surface area (Å²) >= 11 is 0. The van der Waals surface area contributed by atoms with Crippen molar-refractivity contribution in [2.75, 3.05) is 56.2 Å². The van der Waals surface area contributed by atoms with Crippen LogP contribution >= 0.6 is 0 Å². The maximum Gasteiger partial charge on any atom is 0.254 e. The molecule has 1 aromatic heterocycles. The summed E-state index contributed by atoms with van der Waals surface area (Å²) in [5.41, 5.74) is 7.20. The largest absolute Gasteiger partial charge is 0.378 e. The van der Waals surface area contributed by atoms with Crippen molar-refractivity contribution < 1.29 is 19.1 Å². The Morgan fingerprint density at radius 2 is 1.78 bits per heavy atom. The van der Waals surface area contributed by atoms with Crippen LogP contribution in [0.4, 0.5) is 17.3 Å². The van der Waals surface area contributed by atoms with Gasteiger partial charge in [-0.1, -0.05) is 0 Å². The highest BCUT2D eigenvalue weighted by atomic mass is 16.5. The van der Waals surface area contributed by atoms with Gasteiger partial charge in [0.25, 0.3) is 11.8 Å². The number of morpholine rings is 1. The lowest BCUT2D eigenvalue weighted by atomic mass is 10.0. The van der Waals surface area contributed by atoms with Gasteiger partial charge >= 0.3 is 0 Å². The number of hydrogen-bond acceptors (Lipinski definition) is 7. The van der Waals surface area contributed by atoms with Crippen molar-refractivity contribution in [2.45, 2.75) is 31.7 Å². The number of piperidine rings is 1. The Morgan fingerprint density at radius 1 is 1.00 bits per heavy atom. The highest BCUT2D eigenvalue weighted by Crippen LogP contribution is 2.28. The average molecular weight is 493 g/mol. The van der Waals surface area contributed by atoms with Crippen LogP contribution in [0.3, 0.4) is 0 Å². The van der Waals surface area contributed by atoms with E-state index in [-0.39, 0.29) is 23.4 Å². The van der Waals surface area contributed by atoms with Crippen LogP contribution in [0, 0.1) is 0 Å². The molecule has 3 aliphatic heterocycles. The van der Waals surface area contributed by atoms with Gasteiger partial charge < -0.3 is 30.5 Å². The molecule has 5 rings (SSSR count). The summed E-state index contributed by atoms with van der Waals surface area (Å²) in [6, 6.07) is 10.8. The Bertz CT molecular complexity index is 1130. The lowest BCUT2D eigenvalue weighted by molar-refractivity contribution is -0.129. The summed E-state index contributed by atoms with van der Waals surface area (Å²) in [7, 11) is 0. The number of hydrogen-bond donors (Lipinski definition) is 2. The van der Waals surface area contributed by atoms with Crippen LogP contribution in [0.2, 0.25) is 0 Å². The second-order valence-electron chi connectivity index (χ2n) is 9.47. The minimum Gasteiger partial charge on any atom is -0.378 e. The zero-order valence-corrected chi connectivity index (χ0v) is 20.3. The maximum atomic E-state index is 12.7. The maximum absolute atomic E-state index is 12.7. The van der Waals surface area contributed by atoms with Crippen molar-refractivity contribution in [3.8, 4) is 0 Å². The number of ether oxygens (including phenoxy) is 1. The molecule has 0 aliphatic carbocycles. The summed E-state index contributed by atoms with van der Waals surface area (Å²) in [5.74, 6) is 0.732. The third-order valence-corrected chi connectivity index (χ3v) is 7.11. The van der Waals surface area contributed by atoms with Crippen LogP contribution in [0.25, 0.3) is 0 Å². The minimum absolute atomic E-state index is 0.0288. The summed E-state index contributed by atoms with van der Waals surface area (Å²) in [5, 5.41) is 3.20. The van der Waals surface area contributed by atoms with E-state index in [2.05, 4.69) is 10.2 Å². The number of anilines is 3. The zero-order chi connectivity index (χ0) is 25.1. The monoisotopic (exact) mass is 492 g/mol. The van der Waals surface area contributed by atoms with E-state index in [1.807, 2.05) is 11.0 Å². The molecule has 3 aliphatic rings. The third kappa shape index (κ3) is 5.13. The van der Waals surface area contributed by atoms with Gasteiger partial charge in [-0.25, -0.2) is 4.98 Å². The molecule has 0 saturated carbocycles. The number of amides is 3. The second-order valence-corrected chi connectivity index (χ2v) is 9.47. The molecule has 3 saturated heterocycles. The number of carbonyl (C=O) groups is 3. The molecule has 3 amide bonds. The molecular formula is C26H32N6O4. The number of rotatable bonds is 6. The topological polar surface area (TPSA) is 121 Å². The molecule has 0 unspecified atom stereocenters. The van der Waals surface area contributed by atoms with Gasteiger partial charge in [-0.2, -0.15) is 0 Å². The smallest absolute Gasteiger partial charge is 0.254 e. The molecule has 4 heterocycles. The molecule has 10 heteroatoms. The van der Waals surface area contributed by atoms with Gasteiger partial charge in [0.1, 0.15) is 11.6 Å². The van der Waals surface area contributed by atoms with Gasteiger partial charge in [-0.05, 0) is 55.7 Å². The first-order valence-corrected chi connectivity index (χ1v) is 12.6. The fourth-order valence-electron chi connectivity index (χ4n) is 5.17. The molecule has 190 valence electrons. The molecule has 1 aromatic carbocycles. The van der Waals surface area contributed by atoms with Crippen LogP contribution in [0.5, 0.6) is 0 Å². The van der Waals surface area contributed by atoms with Crippen molar-refractivity contribution in [2.24, 2.45) is 5.73 Å². The van der Waals surface area contributed by atoms with Crippen molar-refractivity contribution in [3.63, 3.8) is 0 Å². The quantitative estimate of drug-likeness (QED) is 0.633. The normalized spacial score (nSPS) is 20.5. The van der Waals surface area contributed by atoms with E-state index >= 15 is 0 Å². The summed E-state index contributed by atoms with van der Waals surface area (Å²) < 4.78 is 5.32. The van der Waals surface area contributed by atoms with Crippen LogP contribution in [-0.2, 0) is 9.53 Å². The van der Waals surface area contributed by atoms with Crippen LogP contribution in [-0.4, -0.2) is 84.5 Å². The average Bonchev–Trinajstić information content (AvgIpc) is 3.35. The van der Waals surface area contributed by atoms with Crippen LogP contribution in [0.15, 0.2) is 36.4 Å². The molecular weight excluding hydrogens is 460 g/mol. The number of aromatic nitrogens is 1. The standard InChI is InChI=1S/C26H32N6O4/c27-24(34)21-9-10-22(31-11-1-3-20(17-31)32-12-2-4-23(32)33)29-25(21)28-19-7-5-18(6-8-19)26(35)30-13-15-36-16-14-30/h5-10,20H,1-4,11-17H2,(H2,27,34)(H,28,29)/t20-/m1/s1. The van der Waals surface area contributed by atoms with E-state index in [4.69, 9.17) is 15.5 Å². The van der Waals surface area contributed by atoms with Gasteiger partial charge in [0, 0.05) is 56.4 Å². The number of primary amides is 1. The first-order chi connectivity index (χ1) is 17.5. The summed E-state index contributed by atoms with van der Waals surface area (Å²) in [4.78, 5) is 47.8. The molecule has 2 aromatic rings. The number of pyridine rings is 1. The predicted octanol–water partition coefficient (Wildman–Crippen LogP) is 1.99. The molecule has 3 N–H and O–H groups in total. The highest BCUT2D eigenvalue weighted by molar-refractivity contribution is 5.99. The Labute approximate surface area is 210 Å². The number of nitrogens with zero attached hydrogens (tertiary/aromatic N) is 4. The number of carbonyl (C=O) groups excluding carboxylic acids is 3. The zero-order valence-electron chi connectivity index (χ0n) is 20.3. The molecule has 10 nitrogen and oxygen atoms in total. The Morgan fingerprint density at radius 3 is 2.47 bits per heavy atom. The van der Waals surface area contributed by atoms with E-state index in [9.17, 15) is 14.4 Å². The van der Waals surface area contributed by atoms with Gasteiger partial charge in [-0.15, -0.1) is 0 Å². The van der Waals surface area contributed by atoms with Crippen LogP contribution < -0.4 is 16.0 Å². The lowest BCUT2D eigenvalue weighted by Crippen LogP contribution is -2.48. The molecule has 0 radical (unpaired) electrons. The second kappa shape index (κ2) is 10.5. The fourth-order valence-corrected chi connectivity index (χ4v) is 5.17. The van der Waals surface area contributed by atoms with E-state index in [0.717, 1.165) is 38.2 Å². The summed E-state index contributed by atoms with van der Waals surface area (Å²) in [6.07, 6.45) is 3.51. The molecule has 0 bridgehead atoms. The van der Waals surface area contributed by atoms with Gasteiger partial charge in [0.15, 0.2) is 0 Å². The van der Waals surface area contributed by atoms with Crippen molar-refractivity contribution >= 4 is 35.0 Å². The molecule has 3 fully saturated rings. The van der Waals surface area contributed by atoms with Crippen molar-refractivity contribution in [3.05, 3.63) is 47.5 Å². The lowest BCUT2D eigenvalue weighted by Gasteiger charge is -2.38. The third-order valence-electron chi connectivity index (χ3n) is 7.11.